The molecule has 24 heavy (non-hydrogen) atoms. The molecule has 1 atom stereocenters. The van der Waals surface area contributed by atoms with Crippen molar-refractivity contribution in [3.63, 3.8) is 0 Å². The number of benzene rings is 1. The van der Waals surface area contributed by atoms with Crippen molar-refractivity contribution in [3.05, 3.63) is 54.4 Å². The van der Waals surface area contributed by atoms with E-state index < -0.39 is 6.03 Å². The van der Waals surface area contributed by atoms with Crippen molar-refractivity contribution in [2.24, 2.45) is 7.05 Å². The summed E-state index contributed by atoms with van der Waals surface area (Å²) in [5.41, 5.74) is 1.86. The minimum atomic E-state index is -0.499. The first-order valence-electron chi connectivity index (χ1n) is 8.14. The summed E-state index contributed by atoms with van der Waals surface area (Å²) in [5.74, 6) is -0.287. The number of nitrogens with zero attached hydrogens (tertiary/aromatic N) is 2. The molecule has 0 bridgehead atoms. The fourth-order valence-corrected chi connectivity index (χ4v) is 3.21. The topological polar surface area (TPSA) is 66.4 Å². The number of nitrogens with one attached hydrogen (secondary N) is 2. The monoisotopic (exact) mass is 326 g/mol. The summed E-state index contributed by atoms with van der Waals surface area (Å²) in [7, 11) is 2.01. The SMILES string of the molecule is Cn1cccc1[C@H]1CCCN1CC(=O)NC(=O)Nc1ccccc1. The van der Waals surface area contributed by atoms with Crippen LogP contribution in [0.3, 0.4) is 0 Å². The molecule has 126 valence electrons. The molecule has 1 aliphatic heterocycles. The van der Waals surface area contributed by atoms with Gasteiger partial charge >= 0.3 is 6.03 Å². The Hall–Kier alpha value is -2.60. The van der Waals surface area contributed by atoms with Crippen LogP contribution in [0.15, 0.2) is 48.7 Å². The Morgan fingerprint density at radius 1 is 1.17 bits per heavy atom. The highest BCUT2D eigenvalue weighted by molar-refractivity contribution is 6.01. The number of hydrogen-bond donors (Lipinski definition) is 2. The second-order valence-corrected chi connectivity index (χ2v) is 6.04. The standard InChI is InChI=1S/C18H22N4O2/c1-21-11-5-9-15(21)16-10-6-12-22(16)13-17(23)20-18(24)19-14-7-3-2-4-8-14/h2-5,7-9,11,16H,6,10,12-13H2,1H3,(H2,19,20,23,24)/t16-/m1/s1. The number of urea groups is 1. The zero-order valence-electron chi connectivity index (χ0n) is 13.7. The van der Waals surface area contributed by atoms with Gasteiger partial charge in [0.05, 0.1) is 12.6 Å². The molecule has 0 aliphatic carbocycles. The lowest BCUT2D eigenvalue weighted by molar-refractivity contribution is -0.121. The first-order valence-corrected chi connectivity index (χ1v) is 8.14. The predicted molar refractivity (Wildman–Crippen MR) is 92.6 cm³/mol. The van der Waals surface area contributed by atoms with Crippen molar-refractivity contribution >= 4 is 17.6 Å². The third-order valence-corrected chi connectivity index (χ3v) is 4.32. The van der Waals surface area contributed by atoms with E-state index in [9.17, 15) is 9.59 Å². The number of rotatable bonds is 4. The average molecular weight is 326 g/mol. The molecule has 1 fully saturated rings. The van der Waals surface area contributed by atoms with E-state index in [0.717, 1.165) is 19.4 Å². The number of aryl methyl sites for hydroxylation is 1. The van der Waals surface area contributed by atoms with Crippen LogP contribution >= 0.6 is 0 Å². The van der Waals surface area contributed by atoms with Gasteiger partial charge in [0, 0.05) is 24.6 Å². The van der Waals surface area contributed by atoms with E-state index in [1.165, 1.54) is 5.69 Å². The van der Waals surface area contributed by atoms with Crippen LogP contribution < -0.4 is 10.6 Å². The van der Waals surface area contributed by atoms with E-state index in [-0.39, 0.29) is 18.5 Å². The second-order valence-electron chi connectivity index (χ2n) is 6.04. The molecule has 0 radical (unpaired) electrons. The van der Waals surface area contributed by atoms with Gasteiger partial charge in [0.2, 0.25) is 5.91 Å². The maximum absolute atomic E-state index is 12.2. The van der Waals surface area contributed by atoms with E-state index in [2.05, 4.69) is 26.2 Å². The minimum absolute atomic E-state index is 0.220. The van der Waals surface area contributed by atoms with Crippen LogP contribution in [0.2, 0.25) is 0 Å². The third-order valence-electron chi connectivity index (χ3n) is 4.32. The largest absolute Gasteiger partial charge is 0.353 e. The Morgan fingerprint density at radius 2 is 1.96 bits per heavy atom. The maximum Gasteiger partial charge on any atom is 0.325 e. The Kier molecular flexibility index (Phi) is 4.96. The quantitative estimate of drug-likeness (QED) is 0.907. The molecule has 6 heteroatoms. The number of imide groups is 1. The number of anilines is 1. The fraction of sp³-hybridized carbons (Fsp3) is 0.333. The summed E-state index contributed by atoms with van der Waals surface area (Å²) in [6.45, 7) is 1.08. The zero-order valence-corrected chi connectivity index (χ0v) is 13.7. The molecular formula is C18H22N4O2. The van der Waals surface area contributed by atoms with Crippen LogP contribution in [0.25, 0.3) is 0 Å². The van der Waals surface area contributed by atoms with E-state index in [4.69, 9.17) is 0 Å². The molecule has 6 nitrogen and oxygen atoms in total. The van der Waals surface area contributed by atoms with Crippen LogP contribution in [0.1, 0.15) is 24.6 Å². The lowest BCUT2D eigenvalue weighted by Gasteiger charge is -2.24. The molecule has 3 rings (SSSR count). The van der Waals surface area contributed by atoms with Gasteiger partial charge in [0.25, 0.3) is 0 Å². The molecule has 0 unspecified atom stereocenters. The van der Waals surface area contributed by atoms with Crippen LogP contribution in [-0.2, 0) is 11.8 Å². The van der Waals surface area contributed by atoms with Gasteiger partial charge in [-0.2, -0.15) is 0 Å². The molecule has 2 heterocycles. The van der Waals surface area contributed by atoms with Crippen LogP contribution in [0.5, 0.6) is 0 Å². The minimum Gasteiger partial charge on any atom is -0.353 e. The van der Waals surface area contributed by atoms with Crippen molar-refractivity contribution < 1.29 is 9.59 Å². The molecule has 1 aromatic carbocycles. The molecule has 0 spiro atoms. The number of para-hydroxylation sites is 1. The Morgan fingerprint density at radius 3 is 2.67 bits per heavy atom. The number of likely N-dealkylation sites (tertiary alicyclic amines) is 1. The number of carbonyl (C=O) groups excluding carboxylic acids is 2. The molecule has 1 aromatic heterocycles. The van der Waals surface area contributed by atoms with Crippen LogP contribution in [0, 0.1) is 0 Å². The first kappa shape index (κ1) is 16.3. The fourth-order valence-electron chi connectivity index (χ4n) is 3.21. The molecule has 2 aromatic rings. The molecule has 1 aliphatic rings. The van der Waals surface area contributed by atoms with E-state index >= 15 is 0 Å². The smallest absolute Gasteiger partial charge is 0.325 e. The van der Waals surface area contributed by atoms with Gasteiger partial charge in [0.15, 0.2) is 0 Å². The van der Waals surface area contributed by atoms with Gasteiger partial charge in [0.1, 0.15) is 0 Å². The van der Waals surface area contributed by atoms with Crippen LogP contribution in [-0.4, -0.2) is 34.5 Å². The highest BCUT2D eigenvalue weighted by Crippen LogP contribution is 2.31. The Balaban J connectivity index is 1.54. The molecule has 0 saturated carbocycles. The molecule has 3 amide bonds. The van der Waals surface area contributed by atoms with Crippen molar-refractivity contribution in [1.82, 2.24) is 14.8 Å². The molecule has 2 N–H and O–H groups in total. The molecule has 1 saturated heterocycles. The summed E-state index contributed by atoms with van der Waals surface area (Å²) >= 11 is 0. The summed E-state index contributed by atoms with van der Waals surface area (Å²) in [4.78, 5) is 26.2. The summed E-state index contributed by atoms with van der Waals surface area (Å²) < 4.78 is 2.09. The average Bonchev–Trinajstić information content (AvgIpc) is 3.16. The molecular weight excluding hydrogens is 304 g/mol. The number of aromatic nitrogens is 1. The van der Waals surface area contributed by atoms with Gasteiger partial charge < -0.3 is 9.88 Å². The van der Waals surface area contributed by atoms with Crippen molar-refractivity contribution in [2.45, 2.75) is 18.9 Å². The van der Waals surface area contributed by atoms with E-state index in [0.29, 0.717) is 5.69 Å². The predicted octanol–water partition coefficient (Wildman–Crippen LogP) is 2.51. The zero-order chi connectivity index (χ0) is 16.9. The van der Waals surface area contributed by atoms with Crippen LogP contribution in [0.4, 0.5) is 10.5 Å². The van der Waals surface area contributed by atoms with Crippen molar-refractivity contribution in [3.8, 4) is 0 Å². The first-order chi connectivity index (χ1) is 11.6. The number of amides is 3. The normalized spacial score (nSPS) is 17.6. The van der Waals surface area contributed by atoms with E-state index in [1.54, 1.807) is 12.1 Å². The maximum atomic E-state index is 12.2. The highest BCUT2D eigenvalue weighted by atomic mass is 16.2. The highest BCUT2D eigenvalue weighted by Gasteiger charge is 2.29. The second kappa shape index (κ2) is 7.31. The Labute approximate surface area is 141 Å². The van der Waals surface area contributed by atoms with E-state index in [1.807, 2.05) is 37.5 Å². The van der Waals surface area contributed by atoms with Crippen molar-refractivity contribution in [2.75, 3.05) is 18.4 Å². The van der Waals surface area contributed by atoms with Gasteiger partial charge in [-0.1, -0.05) is 18.2 Å². The lowest BCUT2D eigenvalue weighted by atomic mass is 10.1. The van der Waals surface area contributed by atoms with Crippen molar-refractivity contribution in [1.29, 1.82) is 0 Å². The summed E-state index contributed by atoms with van der Waals surface area (Å²) in [5, 5.41) is 5.05. The van der Waals surface area contributed by atoms with Gasteiger partial charge in [-0.3, -0.25) is 15.0 Å². The van der Waals surface area contributed by atoms with Gasteiger partial charge in [-0.15, -0.1) is 0 Å². The van der Waals surface area contributed by atoms with Gasteiger partial charge in [-0.25, -0.2) is 4.79 Å². The Bertz CT molecular complexity index is 711. The lowest BCUT2D eigenvalue weighted by Crippen LogP contribution is -2.41. The number of hydrogen-bond acceptors (Lipinski definition) is 3. The third kappa shape index (κ3) is 3.83. The summed E-state index contributed by atoms with van der Waals surface area (Å²) in [6.07, 6.45) is 4.10. The number of carbonyl (C=O) groups is 2. The van der Waals surface area contributed by atoms with Gasteiger partial charge in [-0.05, 0) is 43.7 Å². The summed E-state index contributed by atoms with van der Waals surface area (Å²) in [6, 6.07) is 12.9.